The van der Waals surface area contributed by atoms with Crippen LogP contribution >= 0.6 is 19.8 Å². The maximum Gasteiger partial charge on any atom is 0.229 e. The largest absolute Gasteiger partial charge is 0.326 e. The van der Waals surface area contributed by atoms with E-state index in [1.54, 1.807) is 6.66 Å². The van der Waals surface area contributed by atoms with Gasteiger partial charge < -0.3 is 10.3 Å². The zero-order valence-corrected chi connectivity index (χ0v) is 14.7. The lowest BCUT2D eigenvalue weighted by Crippen LogP contribution is -2.23. The van der Waals surface area contributed by atoms with Crippen LogP contribution in [0.2, 0.25) is 0 Å². The van der Waals surface area contributed by atoms with E-state index in [1.165, 1.54) is 32.1 Å². The van der Waals surface area contributed by atoms with Crippen LogP contribution in [0.1, 0.15) is 50.6 Å². The number of halogens is 1. The Morgan fingerprint density at radius 1 is 1.24 bits per heavy atom. The minimum atomic E-state index is -2.67. The third-order valence-electron chi connectivity index (χ3n) is 4.28. The predicted octanol–water partition coefficient (Wildman–Crippen LogP) is 4.26. The Labute approximate surface area is 134 Å². The Kier molecular flexibility index (Phi) is 7.42. The smallest absolute Gasteiger partial charge is 0.229 e. The molecule has 2 unspecified atom stereocenters. The van der Waals surface area contributed by atoms with E-state index in [1.807, 2.05) is 31.2 Å². The fourth-order valence-corrected chi connectivity index (χ4v) is 4.39. The summed E-state index contributed by atoms with van der Waals surface area (Å²) in [6.45, 7) is 4.01. The normalized spacial score (nSPS) is 20.3. The second-order valence-corrected chi connectivity index (χ2v) is 8.25. The fourth-order valence-electron chi connectivity index (χ4n) is 3.05. The van der Waals surface area contributed by atoms with Gasteiger partial charge in [0, 0.05) is 18.0 Å². The van der Waals surface area contributed by atoms with Gasteiger partial charge in [-0.25, -0.2) is 0 Å². The first-order valence-corrected chi connectivity index (χ1v) is 9.70. The summed E-state index contributed by atoms with van der Waals surface area (Å²) in [6.07, 6.45) is 6.40. The summed E-state index contributed by atoms with van der Waals surface area (Å²) < 4.78 is 17.7. The SMILES string of the molecule is CCOP(C)(=O)c1ccc(C(N)C2CCCCC2)cc1.Cl. The number of nitrogens with two attached hydrogens (primary N) is 1. The molecule has 0 bridgehead atoms. The Bertz CT molecular complexity index is 472. The molecular weight excluding hydrogens is 305 g/mol. The highest BCUT2D eigenvalue weighted by atomic mass is 35.5. The Morgan fingerprint density at radius 3 is 2.33 bits per heavy atom. The summed E-state index contributed by atoms with van der Waals surface area (Å²) in [4.78, 5) is 0. The molecule has 1 aromatic rings. The molecule has 0 aromatic heterocycles. The van der Waals surface area contributed by atoms with Crippen molar-refractivity contribution in [1.82, 2.24) is 0 Å². The quantitative estimate of drug-likeness (QED) is 0.820. The van der Waals surface area contributed by atoms with Crippen molar-refractivity contribution in [2.45, 2.75) is 45.1 Å². The zero-order chi connectivity index (χ0) is 14.6. The van der Waals surface area contributed by atoms with Gasteiger partial charge in [-0.2, -0.15) is 0 Å². The molecule has 2 atom stereocenters. The van der Waals surface area contributed by atoms with E-state index in [0.29, 0.717) is 12.5 Å². The van der Waals surface area contributed by atoms with Crippen molar-refractivity contribution in [1.29, 1.82) is 0 Å². The monoisotopic (exact) mass is 331 g/mol. The maximum absolute atomic E-state index is 12.3. The van der Waals surface area contributed by atoms with Gasteiger partial charge in [0.2, 0.25) is 7.37 Å². The number of hydrogen-bond donors (Lipinski definition) is 1. The van der Waals surface area contributed by atoms with Crippen LogP contribution in [0.25, 0.3) is 0 Å². The molecule has 5 heteroatoms. The lowest BCUT2D eigenvalue weighted by Gasteiger charge is -2.28. The van der Waals surface area contributed by atoms with Crippen molar-refractivity contribution in [3.05, 3.63) is 29.8 Å². The predicted molar refractivity (Wildman–Crippen MR) is 92.0 cm³/mol. The van der Waals surface area contributed by atoms with Crippen LogP contribution in [-0.4, -0.2) is 13.3 Å². The molecule has 1 saturated carbocycles. The van der Waals surface area contributed by atoms with Gasteiger partial charge in [-0.3, -0.25) is 4.57 Å². The molecule has 1 aliphatic rings. The van der Waals surface area contributed by atoms with Gasteiger partial charge in [0.1, 0.15) is 0 Å². The molecule has 3 nitrogen and oxygen atoms in total. The molecule has 0 aliphatic heterocycles. The molecule has 1 aliphatic carbocycles. The van der Waals surface area contributed by atoms with E-state index in [4.69, 9.17) is 10.3 Å². The highest BCUT2D eigenvalue weighted by Gasteiger charge is 2.23. The summed E-state index contributed by atoms with van der Waals surface area (Å²) in [5.74, 6) is 0.593. The van der Waals surface area contributed by atoms with Crippen molar-refractivity contribution in [2.24, 2.45) is 11.7 Å². The van der Waals surface area contributed by atoms with E-state index in [-0.39, 0.29) is 18.4 Å². The van der Waals surface area contributed by atoms with Crippen molar-refractivity contribution >= 4 is 25.1 Å². The van der Waals surface area contributed by atoms with Crippen LogP contribution < -0.4 is 11.0 Å². The van der Waals surface area contributed by atoms with Crippen LogP contribution in [0, 0.1) is 5.92 Å². The van der Waals surface area contributed by atoms with Gasteiger partial charge in [0.15, 0.2) is 0 Å². The van der Waals surface area contributed by atoms with Crippen molar-refractivity contribution < 1.29 is 9.09 Å². The summed E-state index contributed by atoms with van der Waals surface area (Å²) in [6, 6.07) is 7.96. The molecule has 0 radical (unpaired) electrons. The topological polar surface area (TPSA) is 52.3 Å². The number of hydrogen-bond acceptors (Lipinski definition) is 3. The zero-order valence-electron chi connectivity index (χ0n) is 13.0. The highest BCUT2D eigenvalue weighted by Crippen LogP contribution is 2.41. The Hall–Kier alpha value is -0.340. The first-order chi connectivity index (χ1) is 9.54. The molecule has 120 valence electrons. The molecule has 0 heterocycles. The molecule has 1 aromatic carbocycles. The molecule has 1 fully saturated rings. The first kappa shape index (κ1) is 18.7. The van der Waals surface area contributed by atoms with E-state index >= 15 is 0 Å². The average molecular weight is 332 g/mol. The van der Waals surface area contributed by atoms with Gasteiger partial charge in [-0.15, -0.1) is 12.4 Å². The van der Waals surface area contributed by atoms with Crippen LogP contribution in [0.5, 0.6) is 0 Å². The van der Waals surface area contributed by atoms with Gasteiger partial charge in [-0.1, -0.05) is 31.4 Å². The van der Waals surface area contributed by atoms with Crippen LogP contribution in [-0.2, 0) is 9.09 Å². The Morgan fingerprint density at radius 2 is 1.81 bits per heavy atom. The van der Waals surface area contributed by atoms with E-state index in [0.717, 1.165) is 10.9 Å². The lowest BCUT2D eigenvalue weighted by atomic mass is 9.81. The van der Waals surface area contributed by atoms with E-state index in [2.05, 4.69) is 0 Å². The van der Waals surface area contributed by atoms with Gasteiger partial charge in [-0.05, 0) is 43.4 Å². The van der Waals surface area contributed by atoms with Crippen LogP contribution in [0.15, 0.2) is 24.3 Å². The highest BCUT2D eigenvalue weighted by molar-refractivity contribution is 7.66. The minimum absolute atomic E-state index is 0. The third kappa shape index (κ3) is 4.82. The third-order valence-corrected chi connectivity index (χ3v) is 6.27. The van der Waals surface area contributed by atoms with Gasteiger partial charge in [0.05, 0.1) is 6.61 Å². The minimum Gasteiger partial charge on any atom is -0.326 e. The van der Waals surface area contributed by atoms with E-state index < -0.39 is 7.37 Å². The number of benzene rings is 1. The van der Waals surface area contributed by atoms with Gasteiger partial charge >= 0.3 is 0 Å². The lowest BCUT2D eigenvalue weighted by molar-refractivity contribution is 0.308. The maximum atomic E-state index is 12.3. The molecule has 0 amide bonds. The standard InChI is InChI=1S/C16H26NO2P.ClH/c1-3-19-20(2,18)15-11-9-14(10-12-15)16(17)13-7-5-4-6-8-13;/h9-13,16H,3-8,17H2,1-2H3;1H. The first-order valence-electron chi connectivity index (χ1n) is 7.62. The molecular formula is C16H27ClNO2P. The summed E-state index contributed by atoms with van der Waals surface area (Å²) in [7, 11) is -2.67. The van der Waals surface area contributed by atoms with Crippen molar-refractivity contribution in [3.63, 3.8) is 0 Å². The van der Waals surface area contributed by atoms with Crippen molar-refractivity contribution in [2.75, 3.05) is 13.3 Å². The van der Waals surface area contributed by atoms with Crippen LogP contribution in [0.3, 0.4) is 0 Å². The van der Waals surface area contributed by atoms with E-state index in [9.17, 15) is 4.57 Å². The summed E-state index contributed by atoms with van der Waals surface area (Å²) in [5.41, 5.74) is 7.54. The second-order valence-electron chi connectivity index (χ2n) is 5.78. The van der Waals surface area contributed by atoms with Crippen molar-refractivity contribution in [3.8, 4) is 0 Å². The fraction of sp³-hybridized carbons (Fsp3) is 0.625. The molecule has 21 heavy (non-hydrogen) atoms. The summed E-state index contributed by atoms with van der Waals surface area (Å²) >= 11 is 0. The average Bonchev–Trinajstić information content (AvgIpc) is 2.47. The Balaban J connectivity index is 0.00000220. The molecule has 2 N–H and O–H groups in total. The molecule has 0 spiro atoms. The van der Waals surface area contributed by atoms with Gasteiger partial charge in [0.25, 0.3) is 0 Å². The molecule has 2 rings (SSSR count). The number of rotatable bonds is 5. The molecule has 0 saturated heterocycles. The second kappa shape index (κ2) is 8.33. The summed E-state index contributed by atoms with van der Waals surface area (Å²) in [5, 5.41) is 0.777. The van der Waals surface area contributed by atoms with Crippen LogP contribution in [0.4, 0.5) is 0 Å².